The van der Waals surface area contributed by atoms with Crippen LogP contribution in [0.5, 0.6) is 0 Å². The van der Waals surface area contributed by atoms with Crippen LogP contribution in [0.1, 0.15) is 74.8 Å². The van der Waals surface area contributed by atoms with E-state index in [-0.39, 0.29) is 18.3 Å². The summed E-state index contributed by atoms with van der Waals surface area (Å²) in [6.07, 6.45) is 12.0. The molecule has 0 aromatic carbocycles. The third-order valence-corrected chi connectivity index (χ3v) is 7.14. The van der Waals surface area contributed by atoms with Crippen LogP contribution in [0.25, 0.3) is 0 Å². The van der Waals surface area contributed by atoms with E-state index >= 15 is 0 Å². The van der Waals surface area contributed by atoms with Crippen molar-refractivity contribution in [3.05, 3.63) is 18.0 Å². The molecule has 6 nitrogen and oxygen atoms in total. The molecule has 0 spiro atoms. The second kappa shape index (κ2) is 10.8. The van der Waals surface area contributed by atoms with E-state index in [9.17, 15) is 4.79 Å². The molecule has 0 radical (unpaired) electrons. The maximum absolute atomic E-state index is 12.9. The highest BCUT2D eigenvalue weighted by Gasteiger charge is 2.27. The van der Waals surface area contributed by atoms with E-state index in [4.69, 9.17) is 0 Å². The molecule has 4 heterocycles. The van der Waals surface area contributed by atoms with Gasteiger partial charge in [0.15, 0.2) is 0 Å². The average Bonchev–Trinajstić information content (AvgIpc) is 3.24. The van der Waals surface area contributed by atoms with Crippen molar-refractivity contribution >= 4 is 18.3 Å². The zero-order valence-corrected chi connectivity index (χ0v) is 18.7. The number of hydrogen-bond acceptors (Lipinski definition) is 4. The van der Waals surface area contributed by atoms with Gasteiger partial charge in [0.2, 0.25) is 0 Å². The molecule has 7 heteroatoms. The van der Waals surface area contributed by atoms with Crippen molar-refractivity contribution in [1.29, 1.82) is 0 Å². The Labute approximate surface area is 181 Å². The Bertz CT molecular complexity index is 637. The standard InChI is InChI=1S/C22H37N5O.ClH/c1-18-5-2-3-12-25(18)13-7-19-8-14-26(15-9-19)22(28)21-10-16-27(24-21)20-6-4-11-23-17-20;/h10,16,18-20,23H,2-9,11-15,17H2,1H3;1H. The summed E-state index contributed by atoms with van der Waals surface area (Å²) < 4.78 is 1.99. The number of amides is 1. The normalized spacial score (nSPS) is 26.9. The molecule has 1 amide bonds. The smallest absolute Gasteiger partial charge is 0.274 e. The van der Waals surface area contributed by atoms with Gasteiger partial charge in [0.05, 0.1) is 6.04 Å². The van der Waals surface area contributed by atoms with Crippen LogP contribution in [-0.4, -0.2) is 70.8 Å². The quantitative estimate of drug-likeness (QED) is 0.789. The number of carbonyl (C=O) groups excluding carboxylic acids is 1. The molecule has 1 aromatic rings. The van der Waals surface area contributed by atoms with Gasteiger partial charge in [-0.15, -0.1) is 12.4 Å². The summed E-state index contributed by atoms with van der Waals surface area (Å²) in [5.41, 5.74) is 0.617. The molecule has 1 aromatic heterocycles. The van der Waals surface area contributed by atoms with Crippen LogP contribution in [0.15, 0.2) is 12.3 Å². The Balaban J connectivity index is 0.00000240. The number of nitrogens with one attached hydrogen (secondary N) is 1. The van der Waals surface area contributed by atoms with E-state index < -0.39 is 0 Å². The molecule has 3 aliphatic heterocycles. The lowest BCUT2D eigenvalue weighted by atomic mass is 9.92. The van der Waals surface area contributed by atoms with Gasteiger partial charge in [0.1, 0.15) is 5.69 Å². The van der Waals surface area contributed by atoms with Crippen molar-refractivity contribution < 1.29 is 4.79 Å². The highest BCUT2D eigenvalue weighted by molar-refractivity contribution is 5.92. The Morgan fingerprint density at radius 2 is 1.97 bits per heavy atom. The first-order chi connectivity index (χ1) is 13.7. The zero-order valence-electron chi connectivity index (χ0n) is 17.9. The molecule has 0 aliphatic carbocycles. The number of rotatable bonds is 5. The molecule has 4 rings (SSSR count). The van der Waals surface area contributed by atoms with Gasteiger partial charge < -0.3 is 15.1 Å². The zero-order chi connectivity index (χ0) is 19.3. The SMILES string of the molecule is CC1CCCCN1CCC1CCN(C(=O)c2ccn(C3CCCNC3)n2)CC1.Cl. The second-order valence-corrected chi connectivity index (χ2v) is 9.09. The van der Waals surface area contributed by atoms with Crippen LogP contribution in [0.3, 0.4) is 0 Å². The molecule has 3 fully saturated rings. The maximum Gasteiger partial charge on any atom is 0.274 e. The number of piperidine rings is 3. The predicted molar refractivity (Wildman–Crippen MR) is 119 cm³/mol. The molecule has 3 aliphatic rings. The van der Waals surface area contributed by atoms with Gasteiger partial charge in [-0.2, -0.15) is 5.10 Å². The first-order valence-electron chi connectivity index (χ1n) is 11.5. The fourth-order valence-electron chi connectivity index (χ4n) is 5.14. The fraction of sp³-hybridized carbons (Fsp3) is 0.818. The number of carbonyl (C=O) groups is 1. The average molecular weight is 424 g/mol. The van der Waals surface area contributed by atoms with Gasteiger partial charge in [0, 0.05) is 31.9 Å². The summed E-state index contributed by atoms with van der Waals surface area (Å²) in [4.78, 5) is 17.6. The highest BCUT2D eigenvalue weighted by atomic mass is 35.5. The van der Waals surface area contributed by atoms with E-state index in [2.05, 4.69) is 22.2 Å². The molecule has 3 saturated heterocycles. The fourth-order valence-corrected chi connectivity index (χ4v) is 5.14. The van der Waals surface area contributed by atoms with Gasteiger partial charge >= 0.3 is 0 Å². The Kier molecular flexibility index (Phi) is 8.39. The van der Waals surface area contributed by atoms with E-state index in [1.165, 1.54) is 45.2 Å². The molecular formula is C22H38ClN5O. The monoisotopic (exact) mass is 423 g/mol. The lowest BCUT2D eigenvalue weighted by molar-refractivity contribution is 0.0665. The van der Waals surface area contributed by atoms with Crippen LogP contribution in [0, 0.1) is 5.92 Å². The Morgan fingerprint density at radius 1 is 1.14 bits per heavy atom. The van der Waals surface area contributed by atoms with E-state index in [0.29, 0.717) is 11.7 Å². The van der Waals surface area contributed by atoms with Crippen LogP contribution in [-0.2, 0) is 0 Å². The molecular weight excluding hydrogens is 386 g/mol. The maximum atomic E-state index is 12.9. The van der Waals surface area contributed by atoms with Crippen molar-refractivity contribution in [2.75, 3.05) is 39.3 Å². The van der Waals surface area contributed by atoms with Crippen LogP contribution in [0.2, 0.25) is 0 Å². The van der Waals surface area contributed by atoms with E-state index in [1.807, 2.05) is 21.8 Å². The minimum Gasteiger partial charge on any atom is -0.337 e. The van der Waals surface area contributed by atoms with Crippen LogP contribution in [0.4, 0.5) is 0 Å². The van der Waals surface area contributed by atoms with Crippen molar-refractivity contribution in [1.82, 2.24) is 24.9 Å². The van der Waals surface area contributed by atoms with E-state index in [0.717, 1.165) is 57.4 Å². The molecule has 0 bridgehead atoms. The molecule has 29 heavy (non-hydrogen) atoms. The van der Waals surface area contributed by atoms with Crippen LogP contribution < -0.4 is 5.32 Å². The first kappa shape index (κ1) is 22.6. The Hall–Kier alpha value is -1.11. The highest BCUT2D eigenvalue weighted by Crippen LogP contribution is 2.24. The lowest BCUT2D eigenvalue weighted by Crippen LogP contribution is -2.41. The Morgan fingerprint density at radius 3 is 2.69 bits per heavy atom. The number of halogens is 1. The van der Waals surface area contributed by atoms with Crippen molar-refractivity contribution in [3.63, 3.8) is 0 Å². The molecule has 2 unspecified atom stereocenters. The number of hydrogen-bond donors (Lipinski definition) is 1. The third kappa shape index (κ3) is 5.74. The van der Waals surface area contributed by atoms with Crippen molar-refractivity contribution in [2.45, 2.75) is 70.4 Å². The molecule has 0 saturated carbocycles. The minimum atomic E-state index is 0. The molecule has 1 N–H and O–H groups in total. The lowest BCUT2D eigenvalue weighted by Gasteiger charge is -2.36. The molecule has 164 valence electrons. The number of likely N-dealkylation sites (tertiary alicyclic amines) is 2. The summed E-state index contributed by atoms with van der Waals surface area (Å²) in [6, 6.07) is 3.05. The second-order valence-electron chi connectivity index (χ2n) is 9.09. The summed E-state index contributed by atoms with van der Waals surface area (Å²) >= 11 is 0. The minimum absolute atomic E-state index is 0. The topological polar surface area (TPSA) is 53.4 Å². The summed E-state index contributed by atoms with van der Waals surface area (Å²) in [5.74, 6) is 0.884. The van der Waals surface area contributed by atoms with Gasteiger partial charge in [-0.05, 0) is 83.5 Å². The number of nitrogens with zero attached hydrogens (tertiary/aromatic N) is 4. The first-order valence-corrected chi connectivity index (χ1v) is 11.5. The van der Waals surface area contributed by atoms with Gasteiger partial charge in [-0.1, -0.05) is 6.42 Å². The summed E-state index contributed by atoms with van der Waals surface area (Å²) in [5, 5.41) is 8.03. The van der Waals surface area contributed by atoms with E-state index in [1.54, 1.807) is 0 Å². The van der Waals surface area contributed by atoms with Gasteiger partial charge in [0.25, 0.3) is 5.91 Å². The predicted octanol–water partition coefficient (Wildman–Crippen LogP) is 3.35. The van der Waals surface area contributed by atoms with Crippen molar-refractivity contribution in [3.8, 4) is 0 Å². The van der Waals surface area contributed by atoms with Gasteiger partial charge in [-0.3, -0.25) is 9.48 Å². The molecule has 2 atom stereocenters. The van der Waals surface area contributed by atoms with Crippen molar-refractivity contribution in [2.24, 2.45) is 5.92 Å². The van der Waals surface area contributed by atoms with Crippen LogP contribution >= 0.6 is 12.4 Å². The largest absolute Gasteiger partial charge is 0.337 e. The number of aromatic nitrogens is 2. The summed E-state index contributed by atoms with van der Waals surface area (Å²) in [7, 11) is 0. The van der Waals surface area contributed by atoms with Gasteiger partial charge in [-0.25, -0.2) is 0 Å². The third-order valence-electron chi connectivity index (χ3n) is 7.14. The summed E-state index contributed by atoms with van der Waals surface area (Å²) in [6.45, 7) is 8.71.